The second-order valence-corrected chi connectivity index (χ2v) is 7.40. The van der Waals surface area contributed by atoms with Crippen molar-refractivity contribution in [1.29, 1.82) is 0 Å². The van der Waals surface area contributed by atoms with Crippen LogP contribution in [-0.2, 0) is 0 Å². The molecule has 0 saturated heterocycles. The summed E-state index contributed by atoms with van der Waals surface area (Å²) in [7, 11) is 1.58. The first-order valence-electron chi connectivity index (χ1n) is 10.3. The van der Waals surface area contributed by atoms with E-state index in [0.717, 1.165) is 24.5 Å². The third kappa shape index (κ3) is 7.59. The molecule has 0 aliphatic heterocycles. The van der Waals surface area contributed by atoms with Gasteiger partial charge in [0, 0.05) is 5.56 Å². The van der Waals surface area contributed by atoms with Gasteiger partial charge in [0.25, 0.3) is 0 Å². The number of thiol groups is 1. The number of carbonyl (C=O) groups excluding carboxylic acids is 1. The normalized spacial score (nSPS) is 10.6. The molecule has 2 aromatic carbocycles. The van der Waals surface area contributed by atoms with Crippen LogP contribution in [0.2, 0.25) is 0 Å². The molecule has 0 spiro atoms. The quantitative estimate of drug-likeness (QED) is 0.228. The fourth-order valence-corrected chi connectivity index (χ4v) is 3.38. The molecule has 0 atom stereocenters. The van der Waals surface area contributed by atoms with Gasteiger partial charge in [-0.3, -0.25) is 4.79 Å². The van der Waals surface area contributed by atoms with E-state index in [1.54, 1.807) is 19.2 Å². The van der Waals surface area contributed by atoms with Gasteiger partial charge in [-0.05, 0) is 55.0 Å². The topological polar surface area (TPSA) is 35.5 Å². The molecule has 0 unspecified atom stereocenters. The molecule has 28 heavy (non-hydrogen) atoms. The van der Waals surface area contributed by atoms with E-state index < -0.39 is 0 Å². The number of hydrogen-bond donors (Lipinski definition) is 1. The number of para-hydroxylation sites is 1. The minimum Gasteiger partial charge on any atom is -0.496 e. The second kappa shape index (κ2) is 13.3. The molecule has 0 heterocycles. The number of rotatable bonds is 14. The SMILES string of the molecule is COc1ccccc1C(=O)c1ccc(OCCCCCCCCCCS)cc1. The summed E-state index contributed by atoms with van der Waals surface area (Å²) in [6.07, 6.45) is 10.1. The van der Waals surface area contributed by atoms with Gasteiger partial charge in [0.2, 0.25) is 0 Å². The zero-order valence-corrected chi connectivity index (χ0v) is 17.8. The predicted molar refractivity (Wildman–Crippen MR) is 119 cm³/mol. The summed E-state index contributed by atoms with van der Waals surface area (Å²) in [6.45, 7) is 0.722. The number of methoxy groups -OCH3 is 1. The number of ether oxygens (including phenoxy) is 2. The zero-order chi connectivity index (χ0) is 20.0. The van der Waals surface area contributed by atoms with Crippen LogP contribution in [0.5, 0.6) is 11.5 Å². The maximum Gasteiger partial charge on any atom is 0.196 e. The Morgan fingerprint density at radius 1 is 0.821 bits per heavy atom. The van der Waals surface area contributed by atoms with Crippen LogP contribution in [-0.4, -0.2) is 25.3 Å². The van der Waals surface area contributed by atoms with Crippen molar-refractivity contribution in [2.75, 3.05) is 19.5 Å². The molecule has 0 fully saturated rings. The lowest BCUT2D eigenvalue weighted by molar-refractivity contribution is 0.103. The lowest BCUT2D eigenvalue weighted by Crippen LogP contribution is -2.04. The Balaban J connectivity index is 1.68. The Bertz CT molecular complexity index is 697. The van der Waals surface area contributed by atoms with E-state index in [4.69, 9.17) is 9.47 Å². The lowest BCUT2D eigenvalue weighted by atomic mass is 10.0. The van der Waals surface area contributed by atoms with Crippen LogP contribution in [0, 0.1) is 0 Å². The fraction of sp³-hybridized carbons (Fsp3) is 0.458. The second-order valence-electron chi connectivity index (χ2n) is 6.95. The average molecular weight is 401 g/mol. The van der Waals surface area contributed by atoms with Crippen molar-refractivity contribution in [3.8, 4) is 11.5 Å². The van der Waals surface area contributed by atoms with E-state index in [2.05, 4.69) is 12.6 Å². The summed E-state index contributed by atoms with van der Waals surface area (Å²) >= 11 is 4.24. The van der Waals surface area contributed by atoms with Gasteiger partial charge in [0.05, 0.1) is 19.3 Å². The average Bonchev–Trinajstić information content (AvgIpc) is 2.75. The van der Waals surface area contributed by atoms with Crippen molar-refractivity contribution < 1.29 is 14.3 Å². The highest BCUT2D eigenvalue weighted by atomic mass is 32.1. The highest BCUT2D eigenvalue weighted by molar-refractivity contribution is 7.80. The van der Waals surface area contributed by atoms with Gasteiger partial charge in [-0.15, -0.1) is 0 Å². The van der Waals surface area contributed by atoms with Crippen LogP contribution in [0.15, 0.2) is 48.5 Å². The lowest BCUT2D eigenvalue weighted by Gasteiger charge is -2.09. The molecular weight excluding hydrogens is 368 g/mol. The maximum absolute atomic E-state index is 12.7. The molecule has 3 nitrogen and oxygen atoms in total. The zero-order valence-electron chi connectivity index (χ0n) is 16.9. The van der Waals surface area contributed by atoms with E-state index in [9.17, 15) is 4.79 Å². The van der Waals surface area contributed by atoms with Crippen molar-refractivity contribution >= 4 is 18.4 Å². The molecular formula is C24H32O3S. The molecule has 0 N–H and O–H groups in total. The van der Waals surface area contributed by atoms with Gasteiger partial charge >= 0.3 is 0 Å². The molecule has 0 aromatic heterocycles. The van der Waals surface area contributed by atoms with Crippen molar-refractivity contribution in [3.05, 3.63) is 59.7 Å². The third-order valence-corrected chi connectivity index (χ3v) is 5.11. The van der Waals surface area contributed by atoms with Crippen LogP contribution in [0.3, 0.4) is 0 Å². The van der Waals surface area contributed by atoms with E-state index in [-0.39, 0.29) is 5.78 Å². The smallest absolute Gasteiger partial charge is 0.196 e. The highest BCUT2D eigenvalue weighted by Crippen LogP contribution is 2.22. The molecule has 152 valence electrons. The number of unbranched alkanes of at least 4 members (excludes halogenated alkanes) is 7. The van der Waals surface area contributed by atoms with Crippen LogP contribution in [0.25, 0.3) is 0 Å². The van der Waals surface area contributed by atoms with Crippen molar-refractivity contribution in [1.82, 2.24) is 0 Å². The maximum atomic E-state index is 12.7. The van der Waals surface area contributed by atoms with Crippen LogP contribution < -0.4 is 9.47 Å². The van der Waals surface area contributed by atoms with Crippen LogP contribution >= 0.6 is 12.6 Å². The molecule has 0 aliphatic carbocycles. The van der Waals surface area contributed by atoms with E-state index in [0.29, 0.717) is 16.9 Å². The summed E-state index contributed by atoms with van der Waals surface area (Å²) in [5.41, 5.74) is 1.21. The van der Waals surface area contributed by atoms with Crippen molar-refractivity contribution in [2.45, 2.75) is 51.4 Å². The van der Waals surface area contributed by atoms with Gasteiger partial charge in [0.1, 0.15) is 11.5 Å². The Morgan fingerprint density at radius 3 is 2.07 bits per heavy atom. The minimum atomic E-state index is -0.0432. The van der Waals surface area contributed by atoms with Crippen molar-refractivity contribution in [3.63, 3.8) is 0 Å². The first kappa shape index (κ1) is 22.4. The Morgan fingerprint density at radius 2 is 1.43 bits per heavy atom. The predicted octanol–water partition coefficient (Wildman–Crippen LogP) is 6.36. The number of ketones is 1. The van der Waals surface area contributed by atoms with Crippen LogP contribution in [0.4, 0.5) is 0 Å². The largest absolute Gasteiger partial charge is 0.496 e. The molecule has 0 aliphatic rings. The molecule has 0 radical (unpaired) electrons. The van der Waals surface area contributed by atoms with Crippen LogP contribution in [0.1, 0.15) is 67.3 Å². The van der Waals surface area contributed by atoms with Gasteiger partial charge in [-0.25, -0.2) is 0 Å². The summed E-state index contributed by atoms with van der Waals surface area (Å²) < 4.78 is 11.1. The number of benzene rings is 2. The Labute approximate surface area is 174 Å². The summed E-state index contributed by atoms with van der Waals surface area (Å²) in [5.74, 6) is 2.36. The van der Waals surface area contributed by atoms with Gasteiger partial charge in [-0.1, -0.05) is 50.7 Å². The van der Waals surface area contributed by atoms with Gasteiger partial charge < -0.3 is 9.47 Å². The van der Waals surface area contributed by atoms with Gasteiger partial charge in [0.15, 0.2) is 5.78 Å². The Hall–Kier alpha value is -1.94. The number of hydrogen-bond acceptors (Lipinski definition) is 4. The highest BCUT2D eigenvalue weighted by Gasteiger charge is 2.13. The summed E-state index contributed by atoms with van der Waals surface area (Å²) in [5, 5.41) is 0. The standard InChI is InChI=1S/C24H32O3S/c1-26-23-13-9-8-12-22(23)24(25)20-14-16-21(17-15-20)27-18-10-6-4-2-3-5-7-11-19-28/h8-9,12-17,28H,2-7,10-11,18-19H2,1H3. The van der Waals surface area contributed by atoms with E-state index in [1.807, 2.05) is 36.4 Å². The monoisotopic (exact) mass is 400 g/mol. The van der Waals surface area contributed by atoms with E-state index in [1.165, 1.54) is 44.9 Å². The van der Waals surface area contributed by atoms with Gasteiger partial charge in [-0.2, -0.15) is 12.6 Å². The summed E-state index contributed by atoms with van der Waals surface area (Å²) in [4.78, 5) is 12.7. The first-order valence-corrected chi connectivity index (χ1v) is 10.9. The van der Waals surface area contributed by atoms with Crippen molar-refractivity contribution in [2.24, 2.45) is 0 Å². The van der Waals surface area contributed by atoms with E-state index >= 15 is 0 Å². The molecule has 0 saturated carbocycles. The molecule has 0 amide bonds. The minimum absolute atomic E-state index is 0.0432. The Kier molecular flexibility index (Phi) is 10.6. The molecule has 2 aromatic rings. The first-order chi connectivity index (χ1) is 13.8. The fourth-order valence-electron chi connectivity index (χ4n) is 3.15. The molecule has 0 bridgehead atoms. The number of carbonyl (C=O) groups is 1. The third-order valence-electron chi connectivity index (χ3n) is 4.79. The summed E-state index contributed by atoms with van der Waals surface area (Å²) in [6, 6.07) is 14.6. The molecule has 2 rings (SSSR count). The molecule has 4 heteroatoms.